The zero-order valence-electron chi connectivity index (χ0n) is 14.2. The number of rotatable bonds is 8. The van der Waals surface area contributed by atoms with Crippen LogP contribution in [0.25, 0.3) is 0 Å². The highest BCUT2D eigenvalue weighted by Gasteiger charge is 2.16. The summed E-state index contributed by atoms with van der Waals surface area (Å²) in [4.78, 5) is 43.3. The van der Waals surface area contributed by atoms with Crippen LogP contribution in [0.3, 0.4) is 0 Å². The van der Waals surface area contributed by atoms with Gasteiger partial charge in [-0.15, -0.1) is 0 Å². The molecule has 0 aliphatic carbocycles. The number of nitrogens with one attached hydrogen (secondary N) is 2. The molecule has 2 N–H and O–H groups in total. The molecule has 0 spiro atoms. The van der Waals surface area contributed by atoms with E-state index in [-0.39, 0.29) is 37.6 Å². The molecule has 2 heterocycles. The van der Waals surface area contributed by atoms with Crippen LogP contribution < -0.4 is 10.9 Å². The molecule has 0 fully saturated rings. The Labute approximate surface area is 151 Å². The van der Waals surface area contributed by atoms with Gasteiger partial charge in [0.2, 0.25) is 11.8 Å². The van der Waals surface area contributed by atoms with Crippen LogP contribution in [0, 0.1) is 27.2 Å². The predicted molar refractivity (Wildman–Crippen MR) is 88.0 cm³/mol. The average Bonchev–Trinajstić information content (AvgIpc) is 3.23. The van der Waals surface area contributed by atoms with Crippen molar-refractivity contribution in [1.29, 1.82) is 0 Å². The van der Waals surface area contributed by atoms with Crippen molar-refractivity contribution >= 4 is 23.5 Å². The molecule has 0 aliphatic heterocycles. The second-order valence-corrected chi connectivity index (χ2v) is 5.41. The fraction of sp³-hybridized carbons (Fsp3) is 0.385. The number of carbonyl (C=O) groups is 2. The smallest absolute Gasteiger partial charge is 0.358 e. The van der Waals surface area contributed by atoms with Crippen molar-refractivity contribution in [3.63, 3.8) is 0 Å². The van der Waals surface area contributed by atoms with Crippen LogP contribution in [0.15, 0.2) is 18.3 Å². The maximum atomic E-state index is 11.7. The van der Waals surface area contributed by atoms with Gasteiger partial charge in [-0.1, -0.05) is 0 Å². The van der Waals surface area contributed by atoms with Gasteiger partial charge in [0.05, 0.1) is 47.3 Å². The standard InChI is InChI=1S/C13H16N8O6/c1-9-8-11(21(26)27)17-19(9)7-4-13(23)15-14-12(22)3-6-18-5-2-10(16-18)20(24)25/h2,5,8H,3-4,6-7H2,1H3,(H,14,22)(H,15,23). The van der Waals surface area contributed by atoms with E-state index in [1.54, 1.807) is 6.92 Å². The molecule has 14 nitrogen and oxygen atoms in total. The summed E-state index contributed by atoms with van der Waals surface area (Å²) >= 11 is 0. The molecule has 144 valence electrons. The molecule has 27 heavy (non-hydrogen) atoms. The number of carbonyl (C=O) groups excluding carboxylic acids is 2. The molecule has 2 rings (SSSR count). The second kappa shape index (κ2) is 8.50. The van der Waals surface area contributed by atoms with Crippen LogP contribution >= 0.6 is 0 Å². The largest absolute Gasteiger partial charge is 0.390 e. The van der Waals surface area contributed by atoms with E-state index < -0.39 is 21.7 Å². The van der Waals surface area contributed by atoms with E-state index in [9.17, 15) is 29.8 Å². The molecule has 2 aromatic rings. The highest BCUT2D eigenvalue weighted by atomic mass is 16.6. The van der Waals surface area contributed by atoms with E-state index in [0.29, 0.717) is 5.69 Å². The van der Waals surface area contributed by atoms with E-state index in [1.807, 2.05) is 0 Å². The van der Waals surface area contributed by atoms with Crippen molar-refractivity contribution < 1.29 is 19.4 Å². The summed E-state index contributed by atoms with van der Waals surface area (Å²) in [7, 11) is 0. The number of nitrogens with zero attached hydrogens (tertiary/aromatic N) is 6. The molecule has 0 saturated heterocycles. The summed E-state index contributed by atoms with van der Waals surface area (Å²) in [6.45, 7) is 1.84. The van der Waals surface area contributed by atoms with Crippen LogP contribution in [0.4, 0.5) is 11.6 Å². The first-order chi connectivity index (χ1) is 12.8. The predicted octanol–water partition coefficient (Wildman–Crippen LogP) is -0.168. The van der Waals surface area contributed by atoms with E-state index in [0.717, 1.165) is 0 Å². The molecule has 0 saturated carbocycles. The Morgan fingerprint density at radius 2 is 1.63 bits per heavy atom. The van der Waals surface area contributed by atoms with Crippen molar-refractivity contribution in [1.82, 2.24) is 30.4 Å². The second-order valence-electron chi connectivity index (χ2n) is 5.41. The third-order valence-electron chi connectivity index (χ3n) is 3.43. The fourth-order valence-electron chi connectivity index (χ4n) is 2.07. The number of aryl methyl sites for hydroxylation is 3. The lowest BCUT2D eigenvalue weighted by molar-refractivity contribution is -0.390. The number of hydrazine groups is 1. The molecule has 2 aromatic heterocycles. The Balaban J connectivity index is 1.70. The maximum Gasteiger partial charge on any atom is 0.390 e. The van der Waals surface area contributed by atoms with Crippen molar-refractivity contribution in [2.45, 2.75) is 32.9 Å². The Hall–Kier alpha value is -3.84. The zero-order chi connectivity index (χ0) is 20.0. The molecule has 0 atom stereocenters. The SMILES string of the molecule is Cc1cc([N+](=O)[O-])nn1CCC(=O)NNC(=O)CCn1ccc([N+](=O)[O-])n1. The first-order valence-corrected chi connectivity index (χ1v) is 7.70. The van der Waals surface area contributed by atoms with Gasteiger partial charge in [0.25, 0.3) is 0 Å². The molecule has 0 aliphatic rings. The van der Waals surface area contributed by atoms with Gasteiger partial charge in [-0.3, -0.25) is 20.4 Å². The minimum atomic E-state index is -0.646. The van der Waals surface area contributed by atoms with Gasteiger partial charge < -0.3 is 20.2 Å². The Morgan fingerprint density at radius 3 is 2.15 bits per heavy atom. The van der Waals surface area contributed by atoms with E-state index >= 15 is 0 Å². The van der Waals surface area contributed by atoms with Crippen LogP contribution in [0.1, 0.15) is 18.5 Å². The average molecular weight is 380 g/mol. The van der Waals surface area contributed by atoms with Crippen molar-refractivity contribution in [2.24, 2.45) is 0 Å². The van der Waals surface area contributed by atoms with Crippen molar-refractivity contribution in [3.05, 3.63) is 44.3 Å². The van der Waals surface area contributed by atoms with Crippen molar-refractivity contribution in [2.75, 3.05) is 0 Å². The molecule has 2 amide bonds. The quantitative estimate of drug-likeness (QED) is 0.467. The lowest BCUT2D eigenvalue weighted by atomic mass is 10.4. The van der Waals surface area contributed by atoms with Gasteiger partial charge in [-0.25, -0.2) is 0 Å². The van der Waals surface area contributed by atoms with Crippen LogP contribution in [0.5, 0.6) is 0 Å². The monoisotopic (exact) mass is 380 g/mol. The number of amides is 2. The minimum Gasteiger partial charge on any atom is -0.358 e. The molecule has 0 radical (unpaired) electrons. The fourth-order valence-corrected chi connectivity index (χ4v) is 2.07. The zero-order valence-corrected chi connectivity index (χ0v) is 14.2. The maximum absolute atomic E-state index is 11.7. The molecule has 0 bridgehead atoms. The summed E-state index contributed by atoms with van der Waals surface area (Å²) in [6, 6.07) is 2.50. The van der Waals surface area contributed by atoms with Crippen molar-refractivity contribution in [3.8, 4) is 0 Å². The minimum absolute atomic E-state index is 0.0503. The normalized spacial score (nSPS) is 10.4. The van der Waals surface area contributed by atoms with E-state index in [1.165, 1.54) is 27.7 Å². The summed E-state index contributed by atoms with van der Waals surface area (Å²) in [5.74, 6) is -1.64. The third-order valence-corrected chi connectivity index (χ3v) is 3.43. The lowest BCUT2D eigenvalue weighted by Crippen LogP contribution is -2.42. The third kappa shape index (κ3) is 5.58. The summed E-state index contributed by atoms with van der Waals surface area (Å²) in [5, 5.41) is 28.6. The molecular weight excluding hydrogens is 364 g/mol. The highest BCUT2D eigenvalue weighted by molar-refractivity contribution is 5.81. The molecule has 0 unspecified atom stereocenters. The number of hydrogen-bond donors (Lipinski definition) is 2. The van der Waals surface area contributed by atoms with Gasteiger partial charge in [0.15, 0.2) is 0 Å². The number of aromatic nitrogens is 4. The number of nitro groups is 2. The Kier molecular flexibility index (Phi) is 6.14. The van der Waals surface area contributed by atoms with Crippen LogP contribution in [0.2, 0.25) is 0 Å². The highest BCUT2D eigenvalue weighted by Crippen LogP contribution is 2.11. The molecular formula is C13H16N8O6. The summed E-state index contributed by atoms with van der Waals surface area (Å²) < 4.78 is 2.57. The topological polar surface area (TPSA) is 180 Å². The van der Waals surface area contributed by atoms with Crippen LogP contribution in [-0.4, -0.2) is 41.2 Å². The Morgan fingerprint density at radius 1 is 1.04 bits per heavy atom. The molecule has 0 aromatic carbocycles. The first-order valence-electron chi connectivity index (χ1n) is 7.70. The van der Waals surface area contributed by atoms with E-state index in [2.05, 4.69) is 21.0 Å². The van der Waals surface area contributed by atoms with Gasteiger partial charge >= 0.3 is 11.6 Å². The number of hydrogen-bond acceptors (Lipinski definition) is 8. The molecule has 14 heteroatoms. The summed E-state index contributed by atoms with van der Waals surface area (Å²) in [5.41, 5.74) is 4.95. The summed E-state index contributed by atoms with van der Waals surface area (Å²) in [6.07, 6.45) is 1.27. The Bertz CT molecular complexity index is 872. The van der Waals surface area contributed by atoms with Crippen LogP contribution in [-0.2, 0) is 22.7 Å². The van der Waals surface area contributed by atoms with E-state index in [4.69, 9.17) is 0 Å². The van der Waals surface area contributed by atoms with Gasteiger partial charge in [-0.2, -0.15) is 9.36 Å². The lowest BCUT2D eigenvalue weighted by Gasteiger charge is -2.06. The van der Waals surface area contributed by atoms with Gasteiger partial charge in [0, 0.05) is 12.8 Å². The first kappa shape index (κ1) is 19.5. The van der Waals surface area contributed by atoms with Gasteiger partial charge in [0.1, 0.15) is 0 Å². The van der Waals surface area contributed by atoms with Gasteiger partial charge in [-0.05, 0) is 16.8 Å².